The summed E-state index contributed by atoms with van der Waals surface area (Å²) in [6, 6.07) is 20.9. The maximum atomic E-state index is 10.1. The number of phenolic OH excluding ortho intramolecular Hbond substituents is 2. The van der Waals surface area contributed by atoms with Crippen LogP contribution in [0.4, 0.5) is 0 Å². The number of nitrogens with zero attached hydrogens (tertiary/aromatic N) is 1. The second-order valence-electron chi connectivity index (χ2n) is 9.88. The number of allylic oxidation sites excluding steroid dienone is 1. The first kappa shape index (κ1) is 23.3. The van der Waals surface area contributed by atoms with Crippen LogP contribution in [0.1, 0.15) is 50.0 Å². The second-order valence-corrected chi connectivity index (χ2v) is 9.88. The molecule has 0 radical (unpaired) electrons. The first-order valence-corrected chi connectivity index (χ1v) is 12.4. The van der Waals surface area contributed by atoms with Gasteiger partial charge in [-0.25, -0.2) is 0 Å². The number of hydrogen-bond acceptors (Lipinski definition) is 5. The van der Waals surface area contributed by atoms with Gasteiger partial charge in [-0.2, -0.15) is 0 Å². The van der Waals surface area contributed by atoms with Gasteiger partial charge in [0.05, 0.1) is 0 Å². The predicted octanol–water partition coefficient (Wildman–Crippen LogP) is 6.27. The van der Waals surface area contributed by atoms with Gasteiger partial charge in [-0.1, -0.05) is 31.2 Å². The van der Waals surface area contributed by atoms with Crippen LogP contribution in [0.2, 0.25) is 0 Å². The third kappa shape index (κ3) is 4.87. The van der Waals surface area contributed by atoms with Gasteiger partial charge in [-0.05, 0) is 91.9 Å². The number of benzene rings is 3. The van der Waals surface area contributed by atoms with E-state index in [1.165, 1.54) is 6.42 Å². The van der Waals surface area contributed by atoms with Crippen LogP contribution in [0.25, 0.3) is 11.1 Å². The maximum absolute atomic E-state index is 10.1. The summed E-state index contributed by atoms with van der Waals surface area (Å²) < 4.78 is 12.6. The number of likely N-dealkylation sites (tertiary alicyclic amines) is 1. The van der Waals surface area contributed by atoms with Crippen LogP contribution in [-0.4, -0.2) is 40.9 Å². The van der Waals surface area contributed by atoms with Gasteiger partial charge in [0, 0.05) is 23.7 Å². The van der Waals surface area contributed by atoms with E-state index in [0.717, 1.165) is 58.3 Å². The molecule has 5 nitrogen and oxygen atoms in total. The molecule has 0 aliphatic carbocycles. The highest BCUT2D eigenvalue weighted by molar-refractivity contribution is 5.95. The molecule has 3 aromatic carbocycles. The molecule has 182 valence electrons. The van der Waals surface area contributed by atoms with Crippen LogP contribution in [0.3, 0.4) is 0 Å². The highest BCUT2D eigenvalue weighted by atomic mass is 16.5. The quantitative estimate of drug-likeness (QED) is 0.444. The van der Waals surface area contributed by atoms with Crippen LogP contribution in [0, 0.1) is 5.92 Å². The van der Waals surface area contributed by atoms with Crippen molar-refractivity contribution in [1.82, 2.24) is 4.90 Å². The fraction of sp³-hybridized carbons (Fsp3) is 0.333. The van der Waals surface area contributed by atoms with Gasteiger partial charge in [0.15, 0.2) is 0 Å². The number of aromatic hydroxyl groups is 2. The van der Waals surface area contributed by atoms with Gasteiger partial charge in [-0.3, -0.25) is 4.90 Å². The molecular weight excluding hydrogens is 438 g/mol. The Kier molecular flexibility index (Phi) is 6.44. The van der Waals surface area contributed by atoms with Crippen molar-refractivity contribution in [3.63, 3.8) is 0 Å². The van der Waals surface area contributed by atoms with E-state index >= 15 is 0 Å². The Morgan fingerprint density at radius 1 is 1.00 bits per heavy atom. The number of hydrogen-bond donors (Lipinski definition) is 2. The molecule has 0 spiro atoms. The fourth-order valence-corrected chi connectivity index (χ4v) is 5.12. The van der Waals surface area contributed by atoms with Crippen LogP contribution in [0.5, 0.6) is 23.0 Å². The van der Waals surface area contributed by atoms with Crippen LogP contribution in [-0.2, 0) is 0 Å². The highest BCUT2D eigenvalue weighted by Crippen LogP contribution is 2.47. The summed E-state index contributed by atoms with van der Waals surface area (Å²) in [7, 11) is 0. The Morgan fingerprint density at radius 3 is 2.40 bits per heavy atom. The largest absolute Gasteiger partial charge is 0.508 e. The van der Waals surface area contributed by atoms with E-state index in [9.17, 15) is 10.2 Å². The van der Waals surface area contributed by atoms with Gasteiger partial charge < -0.3 is 19.7 Å². The molecule has 0 amide bonds. The van der Waals surface area contributed by atoms with Gasteiger partial charge in [-0.15, -0.1) is 0 Å². The zero-order valence-corrected chi connectivity index (χ0v) is 20.6. The Balaban J connectivity index is 1.40. The molecule has 0 saturated carbocycles. The Bertz CT molecular complexity index is 1220. The molecule has 1 saturated heterocycles. The van der Waals surface area contributed by atoms with Gasteiger partial charge >= 0.3 is 0 Å². The molecule has 2 N–H and O–H groups in total. The van der Waals surface area contributed by atoms with E-state index in [1.807, 2.05) is 37.3 Å². The van der Waals surface area contributed by atoms with Crippen molar-refractivity contribution in [3.05, 3.63) is 83.4 Å². The number of phenols is 2. The molecule has 5 heteroatoms. The van der Waals surface area contributed by atoms with Crippen molar-refractivity contribution in [3.8, 4) is 23.0 Å². The molecule has 1 fully saturated rings. The number of rotatable bonds is 6. The lowest BCUT2D eigenvalue weighted by Gasteiger charge is -2.31. The normalized spacial score (nSPS) is 20.9. The summed E-state index contributed by atoms with van der Waals surface area (Å²) in [5.41, 5.74) is 4.89. The third-order valence-electron chi connectivity index (χ3n) is 7.21. The molecule has 5 rings (SSSR count). The standard InChI is InChI=1S/C30H33NO4/c1-19-14-15-31(17-19)20(2)18-34-26-11-6-23(7-12-26)30-29(22-4-8-24(32)9-5-22)21(3)27-16-25(33)10-13-28(27)35-30/h4-13,16,19-20,30,32-33H,14-15,17-18H2,1-3H3/t19-,20+,30+/m1/s1. The Labute approximate surface area is 207 Å². The molecule has 2 aliphatic heterocycles. The molecule has 0 unspecified atom stereocenters. The number of fused-ring (bicyclic) bond motifs is 1. The van der Waals surface area contributed by atoms with Crippen molar-refractivity contribution in [1.29, 1.82) is 0 Å². The van der Waals surface area contributed by atoms with Gasteiger partial charge in [0.1, 0.15) is 35.7 Å². The van der Waals surface area contributed by atoms with Gasteiger partial charge in [0.2, 0.25) is 0 Å². The lowest BCUT2D eigenvalue weighted by Crippen LogP contribution is -2.35. The van der Waals surface area contributed by atoms with Crippen molar-refractivity contribution >= 4 is 11.1 Å². The topological polar surface area (TPSA) is 62.2 Å². The van der Waals surface area contributed by atoms with Gasteiger partial charge in [0.25, 0.3) is 0 Å². The van der Waals surface area contributed by atoms with Crippen LogP contribution < -0.4 is 9.47 Å². The SMILES string of the molecule is CC1=C(c2ccc(O)cc2)[C@H](c2ccc(OC[C@H](C)N3CC[C@@H](C)C3)cc2)Oc2ccc(O)cc21. The minimum absolute atomic E-state index is 0.203. The van der Waals surface area contributed by atoms with E-state index in [4.69, 9.17) is 9.47 Å². The average Bonchev–Trinajstić information content (AvgIpc) is 3.30. The van der Waals surface area contributed by atoms with Crippen molar-refractivity contribution < 1.29 is 19.7 Å². The minimum Gasteiger partial charge on any atom is -0.508 e. The molecule has 3 atom stereocenters. The Morgan fingerprint density at radius 2 is 1.71 bits per heavy atom. The summed E-state index contributed by atoms with van der Waals surface area (Å²) in [4.78, 5) is 2.50. The summed E-state index contributed by atoms with van der Waals surface area (Å²) in [5, 5.41) is 19.9. The van der Waals surface area contributed by atoms with Crippen molar-refractivity contribution in [2.75, 3.05) is 19.7 Å². The summed E-state index contributed by atoms with van der Waals surface area (Å²) >= 11 is 0. The van der Waals surface area contributed by atoms with E-state index in [1.54, 1.807) is 24.3 Å². The van der Waals surface area contributed by atoms with E-state index < -0.39 is 0 Å². The van der Waals surface area contributed by atoms with Crippen LogP contribution >= 0.6 is 0 Å². The molecule has 2 aliphatic rings. The average molecular weight is 472 g/mol. The third-order valence-corrected chi connectivity index (χ3v) is 7.21. The smallest absolute Gasteiger partial charge is 0.150 e. The minimum atomic E-state index is -0.323. The van der Waals surface area contributed by atoms with Crippen molar-refractivity contribution in [2.45, 2.75) is 39.3 Å². The zero-order valence-electron chi connectivity index (χ0n) is 20.6. The molecule has 0 bridgehead atoms. The lowest BCUT2D eigenvalue weighted by molar-refractivity contribution is 0.169. The molecule has 0 aromatic heterocycles. The second kappa shape index (κ2) is 9.67. The first-order valence-electron chi connectivity index (χ1n) is 12.4. The van der Waals surface area contributed by atoms with E-state index in [-0.39, 0.29) is 17.6 Å². The molecule has 2 heterocycles. The maximum Gasteiger partial charge on any atom is 0.150 e. The molecular formula is C30H33NO4. The highest BCUT2D eigenvalue weighted by Gasteiger charge is 2.30. The molecule has 35 heavy (non-hydrogen) atoms. The summed E-state index contributed by atoms with van der Waals surface area (Å²) in [5.74, 6) is 2.77. The van der Waals surface area contributed by atoms with E-state index in [0.29, 0.717) is 12.6 Å². The van der Waals surface area contributed by atoms with Crippen molar-refractivity contribution in [2.24, 2.45) is 5.92 Å². The summed E-state index contributed by atoms with van der Waals surface area (Å²) in [6.45, 7) is 9.55. The predicted molar refractivity (Wildman–Crippen MR) is 139 cm³/mol. The lowest BCUT2D eigenvalue weighted by atomic mass is 9.86. The fourth-order valence-electron chi connectivity index (χ4n) is 5.12. The monoisotopic (exact) mass is 471 g/mol. The molecule has 3 aromatic rings. The Hall–Kier alpha value is -3.44. The summed E-state index contributed by atoms with van der Waals surface area (Å²) in [6.07, 6.45) is 0.940. The number of ether oxygens (including phenoxy) is 2. The first-order chi connectivity index (χ1) is 16.9. The zero-order chi connectivity index (χ0) is 24.5. The van der Waals surface area contributed by atoms with E-state index in [2.05, 4.69) is 30.9 Å². The van der Waals surface area contributed by atoms with Crippen LogP contribution in [0.15, 0.2) is 66.7 Å².